The average Bonchev–Trinajstić information content (AvgIpc) is 3.07. The minimum atomic E-state index is -0.651. The summed E-state index contributed by atoms with van der Waals surface area (Å²) in [6, 6.07) is 9.53. The monoisotopic (exact) mass is 411 g/mol. The summed E-state index contributed by atoms with van der Waals surface area (Å²) in [5.41, 5.74) is 0.572. The fraction of sp³-hybridized carbons (Fsp3) is 0.364. The van der Waals surface area contributed by atoms with Crippen LogP contribution in [-0.2, 0) is 16.1 Å². The van der Waals surface area contributed by atoms with Crippen LogP contribution in [0.4, 0.5) is 0 Å². The highest BCUT2D eigenvalue weighted by Gasteiger charge is 2.24. The lowest BCUT2D eigenvalue weighted by Crippen LogP contribution is -2.35. The molecule has 1 aromatic carbocycles. The van der Waals surface area contributed by atoms with E-state index in [1.165, 1.54) is 10.9 Å². The maximum Gasteiger partial charge on any atom is 0.342 e. The van der Waals surface area contributed by atoms with Crippen molar-refractivity contribution in [3.63, 3.8) is 0 Å². The zero-order chi connectivity index (χ0) is 21.7. The molecule has 1 N–H and O–H groups in total. The van der Waals surface area contributed by atoms with Crippen LogP contribution in [0.5, 0.6) is 0 Å². The highest BCUT2D eigenvalue weighted by Crippen LogP contribution is 2.22. The van der Waals surface area contributed by atoms with Gasteiger partial charge in [0, 0.05) is 0 Å². The van der Waals surface area contributed by atoms with Gasteiger partial charge in [0.05, 0.1) is 12.6 Å². The van der Waals surface area contributed by atoms with Gasteiger partial charge in [0.2, 0.25) is 11.6 Å². The van der Waals surface area contributed by atoms with Gasteiger partial charge in [-0.25, -0.2) is 9.78 Å². The van der Waals surface area contributed by atoms with Crippen LogP contribution in [0, 0.1) is 6.92 Å². The molecule has 2 aromatic heterocycles. The van der Waals surface area contributed by atoms with Crippen molar-refractivity contribution in [2.45, 2.75) is 46.2 Å². The number of hydrogen-bond donors (Lipinski definition) is 1. The van der Waals surface area contributed by atoms with E-state index in [2.05, 4.69) is 10.3 Å². The number of nitrogens with zero attached hydrogens (tertiary/aromatic N) is 2. The quantitative estimate of drug-likeness (QED) is 0.571. The van der Waals surface area contributed by atoms with Gasteiger partial charge in [-0.15, -0.1) is 0 Å². The van der Waals surface area contributed by atoms with Crippen molar-refractivity contribution >= 4 is 23.0 Å². The van der Waals surface area contributed by atoms with Crippen molar-refractivity contribution < 1.29 is 18.7 Å². The highest BCUT2D eigenvalue weighted by molar-refractivity contribution is 6.03. The number of esters is 1. The first-order valence-corrected chi connectivity index (χ1v) is 9.96. The Labute approximate surface area is 173 Å². The third-order valence-electron chi connectivity index (χ3n) is 4.76. The van der Waals surface area contributed by atoms with Crippen molar-refractivity contribution in [1.29, 1.82) is 0 Å². The molecule has 0 bridgehead atoms. The standard InChI is InChI=1S/C22H25N3O5/c1-4-9-16(15-10-7-6-8-11-15)24-17(26)12-25-13-23-20-19(21(25)27)18(14(3)30-20)22(28)29-5-2/h6-8,10-11,13,16H,4-5,9,12H2,1-3H3,(H,24,26)/t16-/m1/s1. The van der Waals surface area contributed by atoms with Gasteiger partial charge in [-0.3, -0.25) is 14.2 Å². The van der Waals surface area contributed by atoms with Crippen LogP contribution in [0.1, 0.15) is 54.4 Å². The summed E-state index contributed by atoms with van der Waals surface area (Å²) in [5.74, 6) is -0.720. The number of carbonyl (C=O) groups is 2. The molecule has 1 amide bonds. The number of benzene rings is 1. The average molecular weight is 411 g/mol. The molecule has 8 nitrogen and oxygen atoms in total. The third-order valence-corrected chi connectivity index (χ3v) is 4.76. The third kappa shape index (κ3) is 4.42. The van der Waals surface area contributed by atoms with E-state index in [1.54, 1.807) is 13.8 Å². The lowest BCUT2D eigenvalue weighted by atomic mass is 10.0. The summed E-state index contributed by atoms with van der Waals surface area (Å²) in [4.78, 5) is 42.0. The van der Waals surface area contributed by atoms with Crippen molar-refractivity contribution in [1.82, 2.24) is 14.9 Å². The van der Waals surface area contributed by atoms with Gasteiger partial charge < -0.3 is 14.5 Å². The minimum Gasteiger partial charge on any atom is -0.462 e. The number of aryl methyl sites for hydroxylation is 1. The van der Waals surface area contributed by atoms with E-state index in [-0.39, 0.29) is 47.5 Å². The molecule has 0 saturated heterocycles. The fourth-order valence-corrected chi connectivity index (χ4v) is 3.39. The molecule has 0 aliphatic heterocycles. The van der Waals surface area contributed by atoms with Crippen LogP contribution >= 0.6 is 0 Å². The van der Waals surface area contributed by atoms with E-state index in [0.717, 1.165) is 18.4 Å². The van der Waals surface area contributed by atoms with Gasteiger partial charge in [0.1, 0.15) is 29.6 Å². The number of furan rings is 1. The van der Waals surface area contributed by atoms with Crippen LogP contribution < -0.4 is 10.9 Å². The second kappa shape index (κ2) is 9.39. The summed E-state index contributed by atoms with van der Waals surface area (Å²) in [7, 11) is 0. The molecule has 1 atom stereocenters. The lowest BCUT2D eigenvalue weighted by Gasteiger charge is -2.19. The van der Waals surface area contributed by atoms with E-state index in [1.807, 2.05) is 37.3 Å². The Morgan fingerprint density at radius 3 is 2.63 bits per heavy atom. The number of rotatable bonds is 8. The van der Waals surface area contributed by atoms with Crippen LogP contribution in [0.3, 0.4) is 0 Å². The van der Waals surface area contributed by atoms with Crippen molar-refractivity contribution in [2.75, 3.05) is 6.61 Å². The second-order valence-electron chi connectivity index (χ2n) is 6.93. The molecule has 0 unspecified atom stereocenters. The lowest BCUT2D eigenvalue weighted by molar-refractivity contribution is -0.122. The Balaban J connectivity index is 1.87. The maximum atomic E-state index is 13.0. The van der Waals surface area contributed by atoms with E-state index >= 15 is 0 Å². The predicted molar refractivity (Wildman–Crippen MR) is 111 cm³/mol. The number of ether oxygens (including phenoxy) is 1. The molecule has 8 heteroatoms. The number of fused-ring (bicyclic) bond motifs is 1. The zero-order valence-corrected chi connectivity index (χ0v) is 17.3. The topological polar surface area (TPSA) is 103 Å². The van der Waals surface area contributed by atoms with Gasteiger partial charge in [-0.05, 0) is 25.8 Å². The largest absolute Gasteiger partial charge is 0.462 e. The maximum absolute atomic E-state index is 13.0. The molecule has 0 spiro atoms. The first-order chi connectivity index (χ1) is 14.5. The minimum absolute atomic E-state index is 0.0226. The van der Waals surface area contributed by atoms with Gasteiger partial charge in [0.15, 0.2) is 0 Å². The second-order valence-corrected chi connectivity index (χ2v) is 6.93. The van der Waals surface area contributed by atoms with Crippen LogP contribution in [-0.4, -0.2) is 28.0 Å². The van der Waals surface area contributed by atoms with Gasteiger partial charge in [-0.1, -0.05) is 43.7 Å². The number of carbonyl (C=O) groups excluding carboxylic acids is 2. The number of amides is 1. The molecule has 158 valence electrons. The smallest absolute Gasteiger partial charge is 0.342 e. The number of aromatic nitrogens is 2. The Morgan fingerprint density at radius 2 is 1.97 bits per heavy atom. The van der Waals surface area contributed by atoms with Gasteiger partial charge in [-0.2, -0.15) is 0 Å². The molecule has 3 rings (SSSR count). The SMILES string of the molecule is CCC[C@@H](NC(=O)Cn1cnc2oc(C)c(C(=O)OCC)c2c1=O)c1ccccc1. The summed E-state index contributed by atoms with van der Waals surface area (Å²) >= 11 is 0. The number of hydrogen-bond acceptors (Lipinski definition) is 6. The van der Waals surface area contributed by atoms with Crippen LogP contribution in [0.15, 0.2) is 45.9 Å². The Morgan fingerprint density at radius 1 is 1.23 bits per heavy atom. The normalized spacial score (nSPS) is 12.0. The Hall–Kier alpha value is -3.42. The summed E-state index contributed by atoms with van der Waals surface area (Å²) in [6.45, 7) is 5.24. The summed E-state index contributed by atoms with van der Waals surface area (Å²) in [6.07, 6.45) is 2.92. The Kier molecular flexibility index (Phi) is 6.66. The molecule has 0 aliphatic carbocycles. The number of nitrogens with one attached hydrogen (secondary N) is 1. The van der Waals surface area contributed by atoms with Crippen molar-refractivity contribution in [2.24, 2.45) is 0 Å². The molecule has 0 aliphatic rings. The molecule has 0 saturated carbocycles. The first-order valence-electron chi connectivity index (χ1n) is 9.96. The molecule has 2 heterocycles. The van der Waals surface area contributed by atoms with E-state index in [9.17, 15) is 14.4 Å². The first kappa shape index (κ1) is 21.3. The molecule has 30 heavy (non-hydrogen) atoms. The van der Waals surface area contributed by atoms with E-state index in [0.29, 0.717) is 0 Å². The molecule has 0 fully saturated rings. The van der Waals surface area contributed by atoms with E-state index < -0.39 is 11.5 Å². The molecular formula is C22H25N3O5. The summed E-state index contributed by atoms with van der Waals surface area (Å²) < 4.78 is 11.6. The summed E-state index contributed by atoms with van der Waals surface area (Å²) in [5, 5.41) is 3.00. The van der Waals surface area contributed by atoms with Crippen LogP contribution in [0.25, 0.3) is 11.1 Å². The molecule has 0 radical (unpaired) electrons. The van der Waals surface area contributed by atoms with Crippen molar-refractivity contribution in [3.05, 3.63) is 63.9 Å². The van der Waals surface area contributed by atoms with Gasteiger partial charge >= 0.3 is 5.97 Å². The van der Waals surface area contributed by atoms with E-state index in [4.69, 9.17) is 9.15 Å². The highest BCUT2D eigenvalue weighted by atomic mass is 16.5. The van der Waals surface area contributed by atoms with Crippen LogP contribution in [0.2, 0.25) is 0 Å². The predicted octanol–water partition coefficient (Wildman–Crippen LogP) is 3.13. The fourth-order valence-electron chi connectivity index (χ4n) is 3.39. The van der Waals surface area contributed by atoms with Crippen molar-refractivity contribution in [3.8, 4) is 0 Å². The van der Waals surface area contributed by atoms with Gasteiger partial charge in [0.25, 0.3) is 5.56 Å². The molecule has 3 aromatic rings. The zero-order valence-electron chi connectivity index (χ0n) is 17.3. The Bertz CT molecular complexity index is 1100. The molecular weight excluding hydrogens is 386 g/mol.